The highest BCUT2D eigenvalue weighted by molar-refractivity contribution is 6.05. The second kappa shape index (κ2) is 10.7. The van der Waals surface area contributed by atoms with Gasteiger partial charge < -0.3 is 10.2 Å². The van der Waals surface area contributed by atoms with Crippen LogP contribution in [0, 0.1) is 0 Å². The molecular formula is C25H28F3N3O4. The van der Waals surface area contributed by atoms with Crippen LogP contribution in [0.15, 0.2) is 72.4 Å². The number of allylic oxidation sites excluding steroid dienone is 3. The van der Waals surface area contributed by atoms with Crippen LogP contribution in [0.5, 0.6) is 0 Å². The summed E-state index contributed by atoms with van der Waals surface area (Å²) in [4.78, 5) is 49.2. The van der Waals surface area contributed by atoms with Gasteiger partial charge in [0.1, 0.15) is 11.7 Å². The van der Waals surface area contributed by atoms with E-state index < -0.39 is 40.9 Å². The van der Waals surface area contributed by atoms with E-state index in [0.717, 1.165) is 12.2 Å². The molecule has 0 aromatic carbocycles. The quantitative estimate of drug-likeness (QED) is 0.363. The number of halogens is 3. The first-order valence-electron chi connectivity index (χ1n) is 10.8. The minimum atomic E-state index is -3.95. The average molecular weight is 492 g/mol. The molecule has 10 heteroatoms. The zero-order valence-electron chi connectivity index (χ0n) is 19.6. The van der Waals surface area contributed by atoms with Gasteiger partial charge in [0, 0.05) is 30.7 Å². The first-order chi connectivity index (χ1) is 16.1. The maximum absolute atomic E-state index is 14.3. The Labute approximate surface area is 201 Å². The summed E-state index contributed by atoms with van der Waals surface area (Å²) in [5, 5.41) is 4.25. The van der Waals surface area contributed by atoms with E-state index in [1.165, 1.54) is 30.9 Å². The lowest BCUT2D eigenvalue weighted by Gasteiger charge is -2.29. The largest absolute Gasteiger partial charge is 0.349 e. The number of hydrogen-bond acceptors (Lipinski definition) is 4. The van der Waals surface area contributed by atoms with Gasteiger partial charge in [-0.25, -0.2) is 4.39 Å². The van der Waals surface area contributed by atoms with Crippen LogP contribution >= 0.6 is 0 Å². The fraction of sp³-hybridized carbons (Fsp3) is 0.360. The Morgan fingerprint density at radius 2 is 1.77 bits per heavy atom. The molecule has 0 aromatic rings. The van der Waals surface area contributed by atoms with Crippen LogP contribution in [-0.2, 0) is 19.2 Å². The normalized spacial score (nSPS) is 19.2. The predicted octanol–water partition coefficient (Wildman–Crippen LogP) is 2.84. The van der Waals surface area contributed by atoms with Crippen molar-refractivity contribution in [3.8, 4) is 0 Å². The van der Waals surface area contributed by atoms with E-state index in [4.69, 9.17) is 0 Å². The summed E-state index contributed by atoms with van der Waals surface area (Å²) >= 11 is 0. The SMILES string of the molecule is C=C(/C=C\C1=CCN(C2CCC(=O)NC2=O)C1=O)CNC(=O)C(F)(F)C(=C)/C=C\C(=C)C(C)(C)F. The third kappa shape index (κ3) is 6.91. The Bertz CT molecular complexity index is 1060. The molecule has 0 aromatic heterocycles. The van der Waals surface area contributed by atoms with Gasteiger partial charge in [-0.3, -0.25) is 24.5 Å². The number of hydrogen-bond donors (Lipinski definition) is 2. The molecule has 0 aliphatic carbocycles. The van der Waals surface area contributed by atoms with Gasteiger partial charge >= 0.3 is 5.92 Å². The van der Waals surface area contributed by atoms with Gasteiger partial charge in [-0.1, -0.05) is 44.0 Å². The molecule has 2 rings (SSSR count). The molecule has 35 heavy (non-hydrogen) atoms. The monoisotopic (exact) mass is 491 g/mol. The van der Waals surface area contributed by atoms with Gasteiger partial charge in [0.05, 0.1) is 0 Å². The van der Waals surface area contributed by atoms with Crippen LogP contribution in [0.25, 0.3) is 0 Å². The maximum Gasteiger partial charge on any atom is 0.349 e. The van der Waals surface area contributed by atoms with Crippen molar-refractivity contribution in [1.82, 2.24) is 15.5 Å². The molecule has 188 valence electrons. The summed E-state index contributed by atoms with van der Waals surface area (Å²) in [5.41, 5.74) is -2.21. The molecule has 2 heterocycles. The fourth-order valence-electron chi connectivity index (χ4n) is 3.14. The molecule has 1 fully saturated rings. The summed E-state index contributed by atoms with van der Waals surface area (Å²) in [7, 11) is 0. The molecule has 1 unspecified atom stereocenters. The molecule has 4 amide bonds. The zero-order valence-corrected chi connectivity index (χ0v) is 19.6. The zero-order chi connectivity index (χ0) is 26.6. The number of nitrogens with one attached hydrogen (secondary N) is 2. The molecular weight excluding hydrogens is 463 g/mol. The summed E-state index contributed by atoms with van der Waals surface area (Å²) in [6, 6.07) is -0.748. The Kier molecular flexibility index (Phi) is 8.43. The molecule has 1 saturated heterocycles. The van der Waals surface area contributed by atoms with Crippen molar-refractivity contribution in [3.63, 3.8) is 0 Å². The Morgan fingerprint density at radius 1 is 1.14 bits per heavy atom. The molecule has 0 saturated carbocycles. The molecule has 2 N–H and O–H groups in total. The lowest BCUT2D eigenvalue weighted by Crippen LogP contribution is -2.53. The Morgan fingerprint density at radius 3 is 2.37 bits per heavy atom. The van der Waals surface area contributed by atoms with E-state index in [9.17, 15) is 32.3 Å². The van der Waals surface area contributed by atoms with Crippen LogP contribution < -0.4 is 10.6 Å². The molecule has 1 atom stereocenters. The number of rotatable bonds is 10. The number of nitrogens with zero attached hydrogens (tertiary/aromatic N) is 1. The number of alkyl halides is 3. The maximum atomic E-state index is 14.3. The van der Waals surface area contributed by atoms with E-state index in [-0.39, 0.29) is 48.6 Å². The van der Waals surface area contributed by atoms with Crippen molar-refractivity contribution in [2.45, 2.75) is 44.3 Å². The second-order valence-corrected chi connectivity index (χ2v) is 8.69. The molecule has 0 spiro atoms. The highest BCUT2D eigenvalue weighted by atomic mass is 19.3. The number of carbonyl (C=O) groups excluding carboxylic acids is 4. The van der Waals surface area contributed by atoms with Crippen LogP contribution in [0.3, 0.4) is 0 Å². The van der Waals surface area contributed by atoms with E-state index in [1.54, 1.807) is 6.08 Å². The van der Waals surface area contributed by atoms with Gasteiger partial charge in [0.15, 0.2) is 0 Å². The first kappa shape index (κ1) is 27.6. The van der Waals surface area contributed by atoms with Crippen LogP contribution in [0.2, 0.25) is 0 Å². The number of imide groups is 1. The summed E-state index contributed by atoms with van der Waals surface area (Å²) in [6.45, 7) is 12.6. The van der Waals surface area contributed by atoms with Crippen LogP contribution in [-0.4, -0.2) is 59.3 Å². The Balaban J connectivity index is 1.89. The van der Waals surface area contributed by atoms with E-state index in [1.807, 2.05) is 5.32 Å². The number of amides is 4. The van der Waals surface area contributed by atoms with E-state index in [2.05, 4.69) is 25.1 Å². The summed E-state index contributed by atoms with van der Waals surface area (Å²) in [5.74, 6) is -6.90. The van der Waals surface area contributed by atoms with Gasteiger partial charge in [0.25, 0.3) is 11.8 Å². The van der Waals surface area contributed by atoms with Gasteiger partial charge in [-0.15, -0.1) is 0 Å². The number of piperidine rings is 1. The molecule has 2 aliphatic rings. The lowest BCUT2D eigenvalue weighted by atomic mass is 9.99. The lowest BCUT2D eigenvalue weighted by molar-refractivity contribution is -0.142. The summed E-state index contributed by atoms with van der Waals surface area (Å²) < 4.78 is 42.4. The van der Waals surface area contributed by atoms with Gasteiger partial charge in [-0.2, -0.15) is 8.78 Å². The molecule has 0 radical (unpaired) electrons. The van der Waals surface area contributed by atoms with Crippen molar-refractivity contribution in [3.05, 3.63) is 72.4 Å². The average Bonchev–Trinajstić information content (AvgIpc) is 3.13. The van der Waals surface area contributed by atoms with E-state index >= 15 is 0 Å². The van der Waals surface area contributed by atoms with Crippen molar-refractivity contribution in [2.75, 3.05) is 13.1 Å². The predicted molar refractivity (Wildman–Crippen MR) is 125 cm³/mol. The second-order valence-electron chi connectivity index (χ2n) is 8.69. The third-order valence-electron chi connectivity index (χ3n) is 5.51. The molecule has 7 nitrogen and oxygen atoms in total. The number of carbonyl (C=O) groups is 4. The van der Waals surface area contributed by atoms with Gasteiger partial charge in [0.2, 0.25) is 11.8 Å². The smallest absolute Gasteiger partial charge is 0.346 e. The minimum Gasteiger partial charge on any atom is -0.346 e. The minimum absolute atomic E-state index is 0.0553. The first-order valence-corrected chi connectivity index (χ1v) is 10.8. The highest BCUT2D eigenvalue weighted by Gasteiger charge is 2.41. The van der Waals surface area contributed by atoms with Crippen molar-refractivity contribution >= 4 is 23.6 Å². The van der Waals surface area contributed by atoms with Crippen molar-refractivity contribution in [1.29, 1.82) is 0 Å². The Hall–Kier alpha value is -3.69. The van der Waals surface area contributed by atoms with Crippen molar-refractivity contribution < 1.29 is 32.3 Å². The van der Waals surface area contributed by atoms with Crippen LogP contribution in [0.1, 0.15) is 26.7 Å². The summed E-state index contributed by atoms with van der Waals surface area (Å²) in [6.07, 6.45) is 6.63. The molecule has 2 aliphatic heterocycles. The van der Waals surface area contributed by atoms with E-state index in [0.29, 0.717) is 0 Å². The fourth-order valence-corrected chi connectivity index (χ4v) is 3.14. The van der Waals surface area contributed by atoms with Crippen LogP contribution in [0.4, 0.5) is 13.2 Å². The highest BCUT2D eigenvalue weighted by Crippen LogP contribution is 2.27. The van der Waals surface area contributed by atoms with Gasteiger partial charge in [-0.05, 0) is 37.5 Å². The topological polar surface area (TPSA) is 95.6 Å². The third-order valence-corrected chi connectivity index (χ3v) is 5.51. The molecule has 0 bridgehead atoms. The van der Waals surface area contributed by atoms with Crippen molar-refractivity contribution in [2.24, 2.45) is 0 Å². The standard InChI is InChI=1S/C25H28F3N3O4/c1-15(14-29-23(35)25(27,28)17(3)8-7-16(2)24(4,5)26)6-9-18-12-13-31(22(18)34)19-10-11-20(32)30-21(19)33/h6-9,12,19H,1-3,10-11,13-14H2,4-5H3,(H,29,35)(H,30,32,33)/b8-7-,9-6-.